The van der Waals surface area contributed by atoms with E-state index >= 15 is 0 Å². The first-order chi connectivity index (χ1) is 40.1. The van der Waals surface area contributed by atoms with Gasteiger partial charge in [-0.2, -0.15) is 0 Å². The summed E-state index contributed by atoms with van der Waals surface area (Å²) in [5.41, 5.74) is -4.81. The normalized spacial score (nSPS) is 50.9. The summed E-state index contributed by atoms with van der Waals surface area (Å²) in [6, 6.07) is 0. The number of carboxylic acids is 1. The van der Waals surface area contributed by atoms with Gasteiger partial charge in [0.25, 0.3) is 0 Å². The highest BCUT2D eigenvalue weighted by Gasteiger charge is 2.76. The van der Waals surface area contributed by atoms with Crippen LogP contribution >= 0.6 is 0 Å². The van der Waals surface area contributed by atoms with Crippen molar-refractivity contribution in [3.05, 3.63) is 23.3 Å². The zero-order chi connectivity index (χ0) is 63.5. The lowest BCUT2D eigenvalue weighted by molar-refractivity contribution is -0.399. The number of aliphatic hydroxyl groups is 13. The summed E-state index contributed by atoms with van der Waals surface area (Å²) in [7, 11) is 0. The highest BCUT2D eigenvalue weighted by molar-refractivity contribution is 5.87. The van der Waals surface area contributed by atoms with Crippen LogP contribution in [-0.2, 0) is 61.8 Å². The number of carbonyl (C=O) groups is 3. The molecule has 0 unspecified atom stereocenters. The molecule has 86 heavy (non-hydrogen) atoms. The SMILES string of the molecule is C/C=C(\C)C(=O)O[C@H]1[C@H](OC(C)=O)[C@]2(CO)[C@H](O)[C@H](O)[C@]3(C)C(=CC[C@@H]4[C@@]5(C)CC[C@H](O[C@@H]6O[C@H](C(=O)O)[C@@H](O)[C@H](O[C@@H]7OC[C@H](O)[C@H](O)[C@H]7O[C@@H]7OC[C@@H](O)[C@H](O)[C@H]7O)[C@H]6O[C@@H]6O[C@H](CO)[C@H](O)[C@H](O)[C@H]6O)C(C)(C)[C@@H]5CC[C@]43C)[C@@H]2CC1(C)C. The lowest BCUT2D eigenvalue weighted by atomic mass is 9.32. The molecule has 8 fully saturated rings. The van der Waals surface area contributed by atoms with Crippen molar-refractivity contribution < 1.29 is 133 Å². The molecule has 0 bridgehead atoms. The number of rotatable bonds is 14. The smallest absolute Gasteiger partial charge is 0.335 e. The number of aliphatic carboxylic acids is 1. The quantitative estimate of drug-likeness (QED) is 0.0379. The average Bonchev–Trinajstić information content (AvgIpc) is 0.668. The molecule has 0 spiro atoms. The number of allylic oxidation sites excluding steroid dienone is 2. The van der Waals surface area contributed by atoms with Gasteiger partial charge in [-0.3, -0.25) is 4.79 Å². The highest BCUT2D eigenvalue weighted by Crippen LogP contribution is 2.76. The van der Waals surface area contributed by atoms with Gasteiger partial charge in [-0.05, 0) is 86.4 Å². The molecule has 4 aliphatic heterocycles. The number of fused-ring (bicyclic) bond motifs is 7. The van der Waals surface area contributed by atoms with Crippen molar-refractivity contribution in [2.75, 3.05) is 26.4 Å². The van der Waals surface area contributed by atoms with Crippen LogP contribution in [0.4, 0.5) is 0 Å². The molecule has 14 N–H and O–H groups in total. The third-order valence-corrected chi connectivity index (χ3v) is 22.3. The number of ether oxygens (including phenoxy) is 10. The van der Waals surface area contributed by atoms with Crippen molar-refractivity contribution in [3.8, 4) is 0 Å². The van der Waals surface area contributed by atoms with Crippen molar-refractivity contribution in [2.24, 2.45) is 50.2 Å². The van der Waals surface area contributed by atoms with Crippen molar-refractivity contribution in [1.82, 2.24) is 0 Å². The molecule has 4 saturated heterocycles. The van der Waals surface area contributed by atoms with Gasteiger partial charge in [-0.1, -0.05) is 66.2 Å². The molecule has 490 valence electrons. The molecule has 27 heteroatoms. The van der Waals surface area contributed by atoms with Crippen molar-refractivity contribution in [3.63, 3.8) is 0 Å². The maximum atomic E-state index is 13.5. The summed E-state index contributed by atoms with van der Waals surface area (Å²) in [6.45, 7) is 15.7. The maximum absolute atomic E-state index is 13.5. The van der Waals surface area contributed by atoms with E-state index in [9.17, 15) is 85.9 Å². The van der Waals surface area contributed by atoms with Gasteiger partial charge >= 0.3 is 17.9 Å². The molecule has 9 aliphatic rings. The van der Waals surface area contributed by atoms with Gasteiger partial charge in [-0.15, -0.1) is 0 Å². The van der Waals surface area contributed by atoms with E-state index < -0.39 is 224 Å². The molecule has 30 atom stereocenters. The molecular formula is C59H92O27. The zero-order valence-corrected chi connectivity index (χ0v) is 50.3. The van der Waals surface area contributed by atoms with Crippen LogP contribution in [0, 0.1) is 50.2 Å². The van der Waals surface area contributed by atoms with Gasteiger partial charge in [0.2, 0.25) is 0 Å². The van der Waals surface area contributed by atoms with Gasteiger partial charge in [-0.25, -0.2) is 9.59 Å². The molecule has 4 heterocycles. The first-order valence-electron chi connectivity index (χ1n) is 29.9. The Balaban J connectivity index is 1.05. The molecule has 0 aromatic carbocycles. The molecule has 0 aromatic heterocycles. The van der Waals surface area contributed by atoms with Crippen LogP contribution in [0.15, 0.2) is 23.3 Å². The van der Waals surface area contributed by atoms with E-state index in [0.717, 1.165) is 5.57 Å². The van der Waals surface area contributed by atoms with E-state index in [4.69, 9.17) is 47.4 Å². The summed E-state index contributed by atoms with van der Waals surface area (Å²) in [5.74, 6) is -4.16. The summed E-state index contributed by atoms with van der Waals surface area (Å²) >= 11 is 0. The minimum absolute atomic E-state index is 0.185. The summed E-state index contributed by atoms with van der Waals surface area (Å²) in [6.07, 6.45) is -34.3. The standard InChI is InChI=1S/C59H92O27/c1-11-23(2)49(76)86-46-47(79-24(3)62)59(22-61)26(18-54(46,4)5)25-12-13-31-56(8)16-15-32(55(6,7)30(56)14-17-57(31,9)58(25,10)44(72)45(59)73)81-53-43(85-51-38(70)36(68)35(67)29(19-60)80-51)40(39(71)41(83-53)48(74)75)82-52-42(34(66)28(64)21-78-52)84-50-37(69)33(65)27(63)20-77-50/h11-12,26-47,50-53,60-61,63-73H,13-22H2,1-10H3,(H,74,75)/b23-11+/t26-,27+,28-,29+,30-,31+,32-,33-,34-,35-,36-,37+,38+,39-,40-,41-,42+,43+,44-,45+,46-,47-,50-,51-,52-,53+,56-,57+,58-,59-/m0/s1. The van der Waals surface area contributed by atoms with Crippen LogP contribution in [0.1, 0.15) is 108 Å². The lowest BCUT2D eigenvalue weighted by Crippen LogP contribution is -2.76. The Morgan fingerprint density at radius 3 is 1.87 bits per heavy atom. The Morgan fingerprint density at radius 1 is 0.640 bits per heavy atom. The topological polar surface area (TPSA) is 427 Å². The van der Waals surface area contributed by atoms with Crippen LogP contribution in [0.25, 0.3) is 0 Å². The van der Waals surface area contributed by atoms with Gasteiger partial charge in [0.15, 0.2) is 37.4 Å². The van der Waals surface area contributed by atoms with E-state index in [1.165, 1.54) is 6.92 Å². The number of hydrogen-bond acceptors (Lipinski definition) is 26. The van der Waals surface area contributed by atoms with Crippen LogP contribution in [0.2, 0.25) is 0 Å². The number of hydrogen-bond donors (Lipinski definition) is 14. The number of aliphatic hydroxyl groups excluding tert-OH is 13. The minimum Gasteiger partial charge on any atom is -0.479 e. The Bertz CT molecular complexity index is 2530. The van der Waals surface area contributed by atoms with Crippen LogP contribution in [0.3, 0.4) is 0 Å². The minimum atomic E-state index is -2.23. The monoisotopic (exact) mass is 1230 g/mol. The van der Waals surface area contributed by atoms with E-state index in [-0.39, 0.29) is 24.7 Å². The molecule has 27 nitrogen and oxygen atoms in total. The van der Waals surface area contributed by atoms with Gasteiger partial charge < -0.3 is 119 Å². The Kier molecular flexibility index (Phi) is 19.3. The predicted octanol–water partition coefficient (Wildman–Crippen LogP) is -2.22. The third-order valence-electron chi connectivity index (χ3n) is 22.3. The van der Waals surface area contributed by atoms with Crippen molar-refractivity contribution in [1.29, 1.82) is 0 Å². The lowest BCUT2D eigenvalue weighted by Gasteiger charge is -2.73. The van der Waals surface area contributed by atoms with Gasteiger partial charge in [0.1, 0.15) is 85.5 Å². The molecule has 5 aliphatic carbocycles. The average molecular weight is 1230 g/mol. The summed E-state index contributed by atoms with van der Waals surface area (Å²) < 4.78 is 60.7. The molecule has 4 saturated carbocycles. The fraction of sp³-hybridized carbons (Fsp3) is 0.881. The second kappa shape index (κ2) is 24.6. The molecule has 0 aromatic rings. The van der Waals surface area contributed by atoms with Crippen molar-refractivity contribution in [2.45, 2.75) is 249 Å². The van der Waals surface area contributed by atoms with Crippen LogP contribution in [0.5, 0.6) is 0 Å². The number of carboxylic acid groups (broad SMARTS) is 1. The van der Waals surface area contributed by atoms with Crippen LogP contribution in [-0.4, -0.2) is 257 Å². The number of esters is 2. The first-order valence-corrected chi connectivity index (χ1v) is 29.9. The zero-order valence-electron chi connectivity index (χ0n) is 50.3. The molecule has 0 radical (unpaired) electrons. The number of carbonyl (C=O) groups excluding carboxylic acids is 2. The van der Waals surface area contributed by atoms with Crippen LogP contribution < -0.4 is 0 Å². The Morgan fingerprint density at radius 2 is 1.26 bits per heavy atom. The van der Waals surface area contributed by atoms with Gasteiger partial charge in [0, 0.05) is 23.3 Å². The fourth-order valence-corrected chi connectivity index (χ4v) is 17.2. The largest absolute Gasteiger partial charge is 0.479 e. The molecule has 9 rings (SSSR count). The van der Waals surface area contributed by atoms with Gasteiger partial charge in [0.05, 0.1) is 50.2 Å². The van der Waals surface area contributed by atoms with E-state index in [2.05, 4.69) is 19.9 Å². The Labute approximate surface area is 498 Å². The first kappa shape index (κ1) is 67.4. The van der Waals surface area contributed by atoms with E-state index in [0.29, 0.717) is 31.3 Å². The van der Waals surface area contributed by atoms with E-state index in [1.54, 1.807) is 19.9 Å². The second-order valence-corrected chi connectivity index (χ2v) is 27.6. The summed E-state index contributed by atoms with van der Waals surface area (Å²) in [5, 5.41) is 157. The fourth-order valence-electron chi connectivity index (χ4n) is 17.2. The maximum Gasteiger partial charge on any atom is 0.335 e. The third kappa shape index (κ3) is 10.8. The van der Waals surface area contributed by atoms with E-state index in [1.807, 2.05) is 34.6 Å². The summed E-state index contributed by atoms with van der Waals surface area (Å²) in [4.78, 5) is 39.7. The highest BCUT2D eigenvalue weighted by atomic mass is 16.8. The predicted molar refractivity (Wildman–Crippen MR) is 290 cm³/mol. The Hall–Kier alpha value is -2.95. The van der Waals surface area contributed by atoms with Crippen molar-refractivity contribution >= 4 is 17.9 Å². The molecular weight excluding hydrogens is 1140 g/mol. The molecule has 0 amide bonds. The second-order valence-electron chi connectivity index (χ2n) is 27.6.